The van der Waals surface area contributed by atoms with Crippen molar-refractivity contribution in [2.45, 2.75) is 18.9 Å². The first-order chi connectivity index (χ1) is 8.74. The number of amides is 1. The maximum atomic E-state index is 12.3. The van der Waals surface area contributed by atoms with E-state index in [1.807, 2.05) is 36.2 Å². The van der Waals surface area contributed by atoms with Crippen molar-refractivity contribution < 1.29 is 9.53 Å². The molecular weight excluding hydrogens is 228 g/mol. The molecule has 0 saturated carbocycles. The van der Waals surface area contributed by atoms with E-state index in [-0.39, 0.29) is 12.0 Å². The summed E-state index contributed by atoms with van der Waals surface area (Å²) in [5, 5.41) is 3.04. The van der Waals surface area contributed by atoms with Crippen molar-refractivity contribution in [2.24, 2.45) is 0 Å². The molecule has 1 fully saturated rings. The van der Waals surface area contributed by atoms with Crippen LogP contribution in [-0.2, 0) is 4.74 Å². The van der Waals surface area contributed by atoms with Crippen LogP contribution in [0.25, 0.3) is 0 Å². The number of likely N-dealkylation sites (tertiary alicyclic amines) is 1. The Morgan fingerprint density at radius 1 is 1.39 bits per heavy atom. The molecule has 4 nitrogen and oxygen atoms in total. The van der Waals surface area contributed by atoms with Crippen LogP contribution in [0, 0.1) is 0 Å². The highest BCUT2D eigenvalue weighted by Crippen LogP contribution is 2.16. The second-order valence-corrected chi connectivity index (χ2v) is 4.58. The minimum Gasteiger partial charge on any atom is -0.388 e. The average Bonchev–Trinajstić information content (AvgIpc) is 2.46. The topological polar surface area (TPSA) is 41.6 Å². The van der Waals surface area contributed by atoms with E-state index in [0.717, 1.165) is 30.6 Å². The van der Waals surface area contributed by atoms with Crippen molar-refractivity contribution in [3.63, 3.8) is 0 Å². The predicted octanol–water partition coefficient (Wildman–Crippen LogP) is 1.98. The zero-order valence-electron chi connectivity index (χ0n) is 11.0. The molecule has 2 rings (SSSR count). The Morgan fingerprint density at radius 2 is 2.11 bits per heavy atom. The smallest absolute Gasteiger partial charge is 0.253 e. The van der Waals surface area contributed by atoms with E-state index >= 15 is 0 Å². The van der Waals surface area contributed by atoms with Gasteiger partial charge < -0.3 is 15.0 Å². The summed E-state index contributed by atoms with van der Waals surface area (Å²) in [7, 11) is 3.57. The number of anilines is 1. The number of piperidine rings is 1. The van der Waals surface area contributed by atoms with Gasteiger partial charge in [0.05, 0.1) is 6.10 Å². The number of hydrogen-bond acceptors (Lipinski definition) is 3. The molecule has 0 radical (unpaired) electrons. The molecule has 1 amide bonds. The van der Waals surface area contributed by atoms with Gasteiger partial charge in [0, 0.05) is 38.5 Å². The van der Waals surface area contributed by atoms with Crippen LogP contribution in [0.1, 0.15) is 23.2 Å². The van der Waals surface area contributed by atoms with Gasteiger partial charge in [-0.1, -0.05) is 0 Å². The monoisotopic (exact) mass is 248 g/mol. The third kappa shape index (κ3) is 2.82. The van der Waals surface area contributed by atoms with Gasteiger partial charge in [-0.15, -0.1) is 0 Å². The van der Waals surface area contributed by atoms with Gasteiger partial charge in [-0.3, -0.25) is 4.79 Å². The summed E-state index contributed by atoms with van der Waals surface area (Å²) in [4.78, 5) is 14.2. The minimum atomic E-state index is 0.0967. The lowest BCUT2D eigenvalue weighted by atomic mass is 10.1. The first kappa shape index (κ1) is 12.9. The summed E-state index contributed by atoms with van der Waals surface area (Å²) in [6, 6.07) is 7.57. The van der Waals surface area contributed by atoms with E-state index in [1.165, 1.54) is 0 Å². The Bertz CT molecular complexity index is 403. The number of methoxy groups -OCH3 is 1. The summed E-state index contributed by atoms with van der Waals surface area (Å²) in [5.74, 6) is 0.0967. The van der Waals surface area contributed by atoms with Crippen molar-refractivity contribution >= 4 is 11.6 Å². The van der Waals surface area contributed by atoms with Crippen LogP contribution in [0.3, 0.4) is 0 Å². The van der Waals surface area contributed by atoms with Crippen molar-refractivity contribution in [3.8, 4) is 0 Å². The first-order valence-corrected chi connectivity index (χ1v) is 6.34. The van der Waals surface area contributed by atoms with Gasteiger partial charge in [-0.25, -0.2) is 0 Å². The number of nitrogens with one attached hydrogen (secondary N) is 1. The van der Waals surface area contributed by atoms with E-state index in [4.69, 9.17) is 4.74 Å². The molecule has 4 heteroatoms. The fourth-order valence-electron chi connectivity index (χ4n) is 2.28. The molecule has 0 aliphatic carbocycles. The highest BCUT2D eigenvalue weighted by molar-refractivity contribution is 5.94. The maximum Gasteiger partial charge on any atom is 0.253 e. The second kappa shape index (κ2) is 5.87. The number of hydrogen-bond donors (Lipinski definition) is 1. The third-order valence-corrected chi connectivity index (χ3v) is 3.42. The van der Waals surface area contributed by atoms with Gasteiger partial charge in [0.1, 0.15) is 0 Å². The molecule has 1 aliphatic heterocycles. The molecule has 98 valence electrons. The molecule has 0 bridgehead atoms. The van der Waals surface area contributed by atoms with Gasteiger partial charge in [-0.2, -0.15) is 0 Å². The van der Waals surface area contributed by atoms with Crippen LogP contribution in [0.15, 0.2) is 24.3 Å². The molecule has 1 aromatic rings. The predicted molar refractivity (Wildman–Crippen MR) is 71.9 cm³/mol. The van der Waals surface area contributed by atoms with Crippen LogP contribution in [0.4, 0.5) is 5.69 Å². The van der Waals surface area contributed by atoms with Crippen LogP contribution in [-0.4, -0.2) is 44.2 Å². The molecule has 1 N–H and O–H groups in total. The van der Waals surface area contributed by atoms with E-state index in [2.05, 4.69) is 5.32 Å². The van der Waals surface area contributed by atoms with Gasteiger partial charge in [0.2, 0.25) is 0 Å². The lowest BCUT2D eigenvalue weighted by Crippen LogP contribution is -2.42. The van der Waals surface area contributed by atoms with Crippen LogP contribution in [0.5, 0.6) is 0 Å². The molecule has 1 aromatic carbocycles. The number of carbonyl (C=O) groups excluding carboxylic acids is 1. The van der Waals surface area contributed by atoms with Gasteiger partial charge in [0.25, 0.3) is 5.91 Å². The summed E-state index contributed by atoms with van der Waals surface area (Å²) in [6.45, 7) is 1.52. The molecule has 1 atom stereocenters. The third-order valence-electron chi connectivity index (χ3n) is 3.42. The number of benzene rings is 1. The molecule has 1 heterocycles. The molecule has 18 heavy (non-hydrogen) atoms. The maximum absolute atomic E-state index is 12.3. The summed E-state index contributed by atoms with van der Waals surface area (Å²) in [6.07, 6.45) is 2.23. The van der Waals surface area contributed by atoms with Crippen molar-refractivity contribution in [3.05, 3.63) is 29.8 Å². The van der Waals surface area contributed by atoms with Gasteiger partial charge >= 0.3 is 0 Å². The highest BCUT2D eigenvalue weighted by atomic mass is 16.5. The molecule has 1 aliphatic rings. The normalized spacial score (nSPS) is 19.7. The number of rotatable bonds is 3. The molecule has 1 saturated heterocycles. The Kier molecular flexibility index (Phi) is 4.20. The summed E-state index contributed by atoms with van der Waals surface area (Å²) in [5.41, 5.74) is 1.76. The Balaban J connectivity index is 2.05. The quantitative estimate of drug-likeness (QED) is 0.889. The fraction of sp³-hybridized carbons (Fsp3) is 0.500. The lowest BCUT2D eigenvalue weighted by Gasteiger charge is -2.32. The van der Waals surface area contributed by atoms with Gasteiger partial charge in [-0.05, 0) is 37.1 Å². The molecular formula is C14H20N2O2. The van der Waals surface area contributed by atoms with E-state index in [1.54, 1.807) is 7.11 Å². The van der Waals surface area contributed by atoms with Crippen molar-refractivity contribution in [2.75, 3.05) is 32.6 Å². The second-order valence-electron chi connectivity index (χ2n) is 4.58. The number of carbonyl (C=O) groups is 1. The average molecular weight is 248 g/mol. The highest BCUT2D eigenvalue weighted by Gasteiger charge is 2.24. The Morgan fingerprint density at radius 3 is 2.72 bits per heavy atom. The van der Waals surface area contributed by atoms with Crippen LogP contribution in [0.2, 0.25) is 0 Å². The number of ether oxygens (including phenoxy) is 1. The molecule has 1 unspecified atom stereocenters. The molecule has 0 aromatic heterocycles. The zero-order chi connectivity index (χ0) is 13.0. The van der Waals surface area contributed by atoms with Crippen LogP contribution >= 0.6 is 0 Å². The fourth-order valence-corrected chi connectivity index (χ4v) is 2.28. The first-order valence-electron chi connectivity index (χ1n) is 6.34. The number of nitrogens with zero attached hydrogens (tertiary/aromatic N) is 1. The SMILES string of the molecule is CNc1ccc(C(=O)N2CCCC(OC)C2)cc1. The lowest BCUT2D eigenvalue weighted by molar-refractivity contribution is 0.0269. The minimum absolute atomic E-state index is 0.0967. The standard InChI is InChI=1S/C14H20N2O2/c1-15-12-7-5-11(6-8-12)14(17)16-9-3-4-13(10-16)18-2/h5-8,13,15H,3-4,9-10H2,1-2H3. The largest absolute Gasteiger partial charge is 0.388 e. The van der Waals surface area contributed by atoms with E-state index in [9.17, 15) is 4.79 Å². The van der Waals surface area contributed by atoms with Crippen molar-refractivity contribution in [1.29, 1.82) is 0 Å². The van der Waals surface area contributed by atoms with E-state index in [0.29, 0.717) is 6.54 Å². The Labute approximate surface area is 108 Å². The van der Waals surface area contributed by atoms with E-state index < -0.39 is 0 Å². The molecule has 0 spiro atoms. The summed E-state index contributed by atoms with van der Waals surface area (Å²) >= 11 is 0. The van der Waals surface area contributed by atoms with Crippen molar-refractivity contribution in [1.82, 2.24) is 4.90 Å². The zero-order valence-corrected chi connectivity index (χ0v) is 11.0. The Hall–Kier alpha value is -1.55. The summed E-state index contributed by atoms with van der Waals surface area (Å²) < 4.78 is 5.34. The van der Waals surface area contributed by atoms with Gasteiger partial charge in [0.15, 0.2) is 0 Å². The van der Waals surface area contributed by atoms with Crippen LogP contribution < -0.4 is 5.32 Å².